The minimum atomic E-state index is 0.759. The Kier molecular flexibility index (Phi) is 6.15. The standard InChI is InChI=1S/C45H28N2O2/c1-2-13-32(14-3-1)47-40-19-9-8-18-39(40)46-45(47)31-25-24-30-23-22-29-12-4-5-15-33(29)34-16-6-10-20-41(34)48-44-27-37-35-17-7-11-21-42(35)49-43(37)28-38(44)36(30)26-31/h1-28H/b23-22-. The van der Waals surface area contributed by atoms with Crippen molar-refractivity contribution in [1.82, 2.24) is 9.55 Å². The van der Waals surface area contributed by atoms with E-state index < -0.39 is 0 Å². The number of fused-ring (bicyclic) bond motifs is 10. The largest absolute Gasteiger partial charge is 0.456 e. The lowest BCUT2D eigenvalue weighted by atomic mass is 9.94. The lowest BCUT2D eigenvalue weighted by Crippen LogP contribution is -1.98. The van der Waals surface area contributed by atoms with Gasteiger partial charge in [-0.1, -0.05) is 115 Å². The van der Waals surface area contributed by atoms with Crippen molar-refractivity contribution in [1.29, 1.82) is 0 Å². The second-order valence-electron chi connectivity index (χ2n) is 12.4. The number of hydrogen-bond donors (Lipinski definition) is 0. The number of aromatic nitrogens is 2. The molecular weight excluding hydrogens is 601 g/mol. The molecule has 0 N–H and O–H groups in total. The summed E-state index contributed by atoms with van der Waals surface area (Å²) < 4.78 is 15.7. The molecular formula is C45H28N2O2. The molecule has 0 spiro atoms. The number of hydrogen-bond acceptors (Lipinski definition) is 3. The Bertz CT molecular complexity index is 2750. The summed E-state index contributed by atoms with van der Waals surface area (Å²) in [6.07, 6.45) is 4.41. The highest BCUT2D eigenvalue weighted by atomic mass is 16.5. The summed E-state index contributed by atoms with van der Waals surface area (Å²) in [6, 6.07) is 54.5. The van der Waals surface area contributed by atoms with Gasteiger partial charge in [0, 0.05) is 33.2 Å². The van der Waals surface area contributed by atoms with Gasteiger partial charge >= 0.3 is 0 Å². The molecule has 0 aliphatic carbocycles. The zero-order chi connectivity index (χ0) is 32.3. The third kappa shape index (κ3) is 4.49. The number of nitrogens with zero attached hydrogens (tertiary/aromatic N) is 2. The molecule has 0 fully saturated rings. The topological polar surface area (TPSA) is 40.2 Å². The molecule has 0 amide bonds. The van der Waals surface area contributed by atoms with Crippen LogP contribution in [0.2, 0.25) is 0 Å². The highest BCUT2D eigenvalue weighted by Crippen LogP contribution is 2.46. The van der Waals surface area contributed by atoms with E-state index in [1.54, 1.807) is 0 Å². The van der Waals surface area contributed by atoms with Crippen molar-refractivity contribution in [2.45, 2.75) is 0 Å². The minimum absolute atomic E-state index is 0.759. The Hall–Kier alpha value is -6.65. The molecule has 0 saturated carbocycles. The number of benzene rings is 7. The Morgan fingerprint density at radius 3 is 2.12 bits per heavy atom. The van der Waals surface area contributed by atoms with Crippen LogP contribution in [0.25, 0.3) is 84.5 Å². The summed E-state index contributed by atoms with van der Waals surface area (Å²) in [5, 5.41) is 2.07. The predicted molar refractivity (Wildman–Crippen MR) is 200 cm³/mol. The first-order valence-electron chi connectivity index (χ1n) is 16.5. The molecule has 9 aromatic rings. The summed E-state index contributed by atoms with van der Waals surface area (Å²) in [5.41, 5.74) is 12.0. The number of rotatable bonds is 2. The van der Waals surface area contributed by atoms with Gasteiger partial charge in [0.05, 0.1) is 11.0 Å². The summed E-state index contributed by atoms with van der Waals surface area (Å²) >= 11 is 0. The van der Waals surface area contributed by atoms with Crippen LogP contribution < -0.4 is 4.74 Å². The zero-order valence-corrected chi connectivity index (χ0v) is 26.4. The van der Waals surface area contributed by atoms with Crippen LogP contribution in [0.4, 0.5) is 0 Å². The van der Waals surface area contributed by atoms with Crippen LogP contribution in [-0.4, -0.2) is 9.55 Å². The molecule has 4 heteroatoms. The summed E-state index contributed by atoms with van der Waals surface area (Å²) in [5.74, 6) is 2.42. The van der Waals surface area contributed by atoms with Crippen LogP contribution in [0.3, 0.4) is 0 Å². The van der Waals surface area contributed by atoms with E-state index in [4.69, 9.17) is 14.1 Å². The average molecular weight is 629 g/mol. The van der Waals surface area contributed by atoms with Gasteiger partial charge < -0.3 is 9.15 Å². The van der Waals surface area contributed by atoms with Crippen molar-refractivity contribution in [2.24, 2.45) is 0 Å². The second kappa shape index (κ2) is 11.0. The maximum atomic E-state index is 7.01. The normalized spacial score (nSPS) is 12.8. The molecule has 1 aliphatic rings. The lowest BCUT2D eigenvalue weighted by Gasteiger charge is -2.17. The Morgan fingerprint density at radius 2 is 1.20 bits per heavy atom. The van der Waals surface area contributed by atoms with Gasteiger partial charge in [-0.05, 0) is 76.9 Å². The smallest absolute Gasteiger partial charge is 0.145 e. The van der Waals surface area contributed by atoms with Gasteiger partial charge in [0.2, 0.25) is 0 Å². The fraction of sp³-hybridized carbons (Fsp3) is 0. The zero-order valence-electron chi connectivity index (χ0n) is 26.4. The molecule has 3 heterocycles. The first-order valence-corrected chi connectivity index (χ1v) is 16.5. The first kappa shape index (κ1) is 27.5. The Balaban J connectivity index is 1.28. The molecule has 0 radical (unpaired) electrons. The van der Waals surface area contributed by atoms with Crippen LogP contribution in [0.15, 0.2) is 162 Å². The van der Waals surface area contributed by atoms with Gasteiger partial charge in [-0.3, -0.25) is 4.57 Å². The van der Waals surface area contributed by atoms with Gasteiger partial charge in [-0.2, -0.15) is 0 Å². The maximum absolute atomic E-state index is 7.01. The van der Waals surface area contributed by atoms with Crippen molar-refractivity contribution in [2.75, 3.05) is 0 Å². The van der Waals surface area contributed by atoms with Gasteiger partial charge in [0.1, 0.15) is 28.5 Å². The number of ether oxygens (including phenoxy) is 1. The number of imidazole rings is 1. The van der Waals surface area contributed by atoms with Crippen LogP contribution in [0.5, 0.6) is 11.5 Å². The molecule has 1 aliphatic heterocycles. The number of para-hydroxylation sites is 5. The molecule has 4 nitrogen and oxygen atoms in total. The summed E-state index contributed by atoms with van der Waals surface area (Å²) in [4.78, 5) is 5.19. The average Bonchev–Trinajstić information content (AvgIpc) is 3.72. The molecule has 0 atom stereocenters. The second-order valence-corrected chi connectivity index (χ2v) is 12.4. The minimum Gasteiger partial charge on any atom is -0.456 e. The quantitative estimate of drug-likeness (QED) is 0.191. The van der Waals surface area contributed by atoms with Crippen LogP contribution in [-0.2, 0) is 0 Å². The SMILES string of the molecule is C1=C\c2ccc(-c3nc4ccccc4n3-c3ccccc3)cc2-c2cc3oc4ccccc4c3cc2Oc2ccccc2-c2ccccc2/1. The molecule has 0 unspecified atom stereocenters. The van der Waals surface area contributed by atoms with Crippen molar-refractivity contribution in [3.8, 4) is 50.8 Å². The van der Waals surface area contributed by atoms with Gasteiger partial charge in [-0.25, -0.2) is 4.98 Å². The van der Waals surface area contributed by atoms with E-state index in [0.29, 0.717) is 0 Å². The van der Waals surface area contributed by atoms with Crippen molar-refractivity contribution < 1.29 is 9.15 Å². The van der Waals surface area contributed by atoms with E-state index in [-0.39, 0.29) is 0 Å². The molecule has 230 valence electrons. The van der Waals surface area contributed by atoms with E-state index in [1.165, 1.54) is 0 Å². The first-order chi connectivity index (χ1) is 24.3. The Labute approximate surface area is 282 Å². The highest BCUT2D eigenvalue weighted by Gasteiger charge is 2.21. The molecule has 10 rings (SSSR count). The van der Waals surface area contributed by atoms with Gasteiger partial charge in [0.25, 0.3) is 0 Å². The third-order valence-corrected chi connectivity index (χ3v) is 9.46. The maximum Gasteiger partial charge on any atom is 0.145 e. The predicted octanol–water partition coefficient (Wildman–Crippen LogP) is 12.2. The summed E-state index contributed by atoms with van der Waals surface area (Å²) in [7, 11) is 0. The van der Waals surface area contributed by atoms with Crippen LogP contribution >= 0.6 is 0 Å². The van der Waals surface area contributed by atoms with Gasteiger partial charge in [0.15, 0.2) is 0 Å². The molecule has 0 bridgehead atoms. The third-order valence-electron chi connectivity index (χ3n) is 9.46. The Morgan fingerprint density at radius 1 is 0.469 bits per heavy atom. The summed E-state index contributed by atoms with van der Waals surface area (Å²) in [6.45, 7) is 0. The van der Waals surface area contributed by atoms with E-state index >= 15 is 0 Å². The molecule has 7 aromatic carbocycles. The fourth-order valence-corrected chi connectivity index (χ4v) is 7.14. The highest BCUT2D eigenvalue weighted by molar-refractivity contribution is 6.07. The lowest BCUT2D eigenvalue weighted by molar-refractivity contribution is 0.487. The molecule has 49 heavy (non-hydrogen) atoms. The van der Waals surface area contributed by atoms with Crippen molar-refractivity contribution in [3.05, 3.63) is 169 Å². The van der Waals surface area contributed by atoms with Crippen molar-refractivity contribution >= 4 is 45.1 Å². The van der Waals surface area contributed by atoms with E-state index in [1.807, 2.05) is 36.4 Å². The van der Waals surface area contributed by atoms with Crippen LogP contribution in [0.1, 0.15) is 11.1 Å². The van der Waals surface area contributed by atoms with Crippen molar-refractivity contribution in [3.63, 3.8) is 0 Å². The van der Waals surface area contributed by atoms with E-state index in [2.05, 4.69) is 138 Å². The monoisotopic (exact) mass is 628 g/mol. The molecule has 2 aromatic heterocycles. The van der Waals surface area contributed by atoms with E-state index in [9.17, 15) is 0 Å². The molecule has 0 saturated heterocycles. The van der Waals surface area contributed by atoms with Crippen LogP contribution in [0, 0.1) is 0 Å². The fourth-order valence-electron chi connectivity index (χ4n) is 7.14. The van der Waals surface area contributed by atoms with Gasteiger partial charge in [-0.15, -0.1) is 0 Å². The van der Waals surface area contributed by atoms with E-state index in [0.717, 1.165) is 94.9 Å². The number of furan rings is 1.